The predicted molar refractivity (Wildman–Crippen MR) is 149 cm³/mol. The fourth-order valence-electron chi connectivity index (χ4n) is 3.00. The van der Waals surface area contributed by atoms with Crippen LogP contribution in [0.4, 0.5) is 0 Å². The van der Waals surface area contributed by atoms with Crippen molar-refractivity contribution in [1.29, 1.82) is 0 Å². The van der Waals surface area contributed by atoms with E-state index in [9.17, 15) is 9.59 Å². The van der Waals surface area contributed by atoms with E-state index in [-0.39, 0.29) is 24.2 Å². The Hall–Kier alpha value is -1.54. The fraction of sp³-hybridized carbons (Fsp3) is 0.304. The third-order valence-corrected chi connectivity index (χ3v) is 6.49. The molecule has 7 nitrogen and oxygen atoms in total. The van der Waals surface area contributed by atoms with Crippen molar-refractivity contribution in [2.45, 2.75) is 39.7 Å². The molecule has 2 aromatic carbocycles. The maximum atomic E-state index is 13.2. The monoisotopic (exact) mass is 737 g/mol. The number of carbonyl (C=O) groups is 1. The maximum Gasteiger partial charge on any atom is 0.344 e. The minimum atomic E-state index is -0.418. The van der Waals surface area contributed by atoms with Crippen molar-refractivity contribution in [3.8, 4) is 5.75 Å². The summed E-state index contributed by atoms with van der Waals surface area (Å²) in [5, 5.41) is 4.97. The summed E-state index contributed by atoms with van der Waals surface area (Å²) in [6.45, 7) is 7.36. The first-order valence-corrected chi connectivity index (χ1v) is 13.1. The second-order valence-corrected chi connectivity index (χ2v) is 11.0. The first kappa shape index (κ1) is 26.1. The van der Waals surface area contributed by atoms with E-state index in [4.69, 9.17) is 9.47 Å². The summed E-state index contributed by atoms with van der Waals surface area (Å²) in [7, 11) is 0. The number of hydrogen-bond acceptors (Lipinski definition) is 6. The van der Waals surface area contributed by atoms with Crippen LogP contribution in [0.1, 0.15) is 45.0 Å². The average Bonchev–Trinajstić information content (AvgIpc) is 2.72. The number of esters is 1. The lowest BCUT2D eigenvalue weighted by atomic mass is 10.2. The molecule has 1 aromatic heterocycles. The van der Waals surface area contributed by atoms with Crippen molar-refractivity contribution in [2.75, 3.05) is 6.61 Å². The van der Waals surface area contributed by atoms with Gasteiger partial charge in [0, 0.05) is 10.4 Å². The van der Waals surface area contributed by atoms with Gasteiger partial charge in [-0.2, -0.15) is 9.78 Å². The maximum absolute atomic E-state index is 13.2. The second kappa shape index (κ2) is 11.3. The van der Waals surface area contributed by atoms with Gasteiger partial charge in [0.15, 0.2) is 6.61 Å². The van der Waals surface area contributed by atoms with Crippen molar-refractivity contribution < 1.29 is 14.3 Å². The minimum absolute atomic E-state index is 0.00420. The van der Waals surface area contributed by atoms with E-state index in [1.54, 1.807) is 26.1 Å². The zero-order valence-electron chi connectivity index (χ0n) is 18.4. The number of aromatic nitrogens is 2. The highest BCUT2D eigenvalue weighted by Gasteiger charge is 2.15. The van der Waals surface area contributed by atoms with E-state index in [1.165, 1.54) is 4.68 Å². The fourth-order valence-corrected chi connectivity index (χ4v) is 5.48. The quantitative estimate of drug-likeness (QED) is 0.177. The summed E-state index contributed by atoms with van der Waals surface area (Å²) in [6, 6.07) is 9.19. The number of rotatable bonds is 7. The van der Waals surface area contributed by atoms with Crippen LogP contribution in [0.2, 0.25) is 0 Å². The van der Waals surface area contributed by atoms with Gasteiger partial charge in [0.25, 0.3) is 5.56 Å². The van der Waals surface area contributed by atoms with Crippen molar-refractivity contribution in [3.63, 3.8) is 0 Å². The van der Waals surface area contributed by atoms with E-state index >= 15 is 0 Å². The molecule has 0 spiro atoms. The number of halogens is 3. The predicted octanol–water partition coefficient (Wildman–Crippen LogP) is 5.70. The molecule has 33 heavy (non-hydrogen) atoms. The molecule has 0 bridgehead atoms. The Morgan fingerprint density at radius 1 is 1.18 bits per heavy atom. The summed E-state index contributed by atoms with van der Waals surface area (Å²) in [5.41, 5.74) is 1.20. The molecule has 0 N–H and O–H groups in total. The zero-order chi connectivity index (χ0) is 24.3. The van der Waals surface area contributed by atoms with Crippen molar-refractivity contribution in [2.24, 2.45) is 5.10 Å². The molecule has 0 aliphatic carbocycles. The van der Waals surface area contributed by atoms with E-state index in [1.807, 2.05) is 38.1 Å². The van der Waals surface area contributed by atoms with Crippen molar-refractivity contribution in [1.82, 2.24) is 9.66 Å². The Kier molecular flexibility index (Phi) is 8.89. The van der Waals surface area contributed by atoms with Gasteiger partial charge in [0.2, 0.25) is 0 Å². The van der Waals surface area contributed by atoms with Crippen molar-refractivity contribution >= 4 is 84.2 Å². The second-order valence-electron chi connectivity index (χ2n) is 7.79. The van der Waals surface area contributed by atoms with Crippen molar-refractivity contribution in [3.05, 3.63) is 63.7 Å². The SMILES string of the molecule is CC(C)OC(=O)COc1c(I)cc(C=Nn2c(C(C)C)nc3ccc(Br)cc3c2=O)cc1I. The molecule has 10 heteroatoms. The molecule has 0 radical (unpaired) electrons. The topological polar surface area (TPSA) is 82.8 Å². The molecule has 3 rings (SSSR count). The van der Waals surface area contributed by atoms with Gasteiger partial charge in [-0.15, -0.1) is 0 Å². The van der Waals surface area contributed by atoms with Gasteiger partial charge < -0.3 is 9.47 Å². The molecule has 0 aliphatic rings. The van der Waals surface area contributed by atoms with Gasteiger partial charge in [-0.25, -0.2) is 9.78 Å². The normalized spacial score (nSPS) is 11.7. The largest absolute Gasteiger partial charge is 0.480 e. The Balaban J connectivity index is 1.93. The van der Waals surface area contributed by atoms with Crippen LogP contribution < -0.4 is 10.3 Å². The molecule has 174 valence electrons. The minimum Gasteiger partial charge on any atom is -0.480 e. The van der Waals surface area contributed by atoms with E-state index in [2.05, 4.69) is 71.2 Å². The van der Waals surface area contributed by atoms with Gasteiger partial charge in [0.1, 0.15) is 11.6 Å². The number of benzene rings is 2. The summed E-state index contributed by atoms with van der Waals surface area (Å²) in [4.78, 5) is 29.6. The first-order chi connectivity index (χ1) is 15.6. The Bertz CT molecular complexity index is 1270. The Morgan fingerprint density at radius 2 is 1.85 bits per heavy atom. The highest BCUT2D eigenvalue weighted by molar-refractivity contribution is 14.1. The van der Waals surface area contributed by atoms with Crippen LogP contribution in [-0.4, -0.2) is 34.6 Å². The molecular formula is C23H22BrI2N3O4. The van der Waals surface area contributed by atoms with Crippen LogP contribution >= 0.6 is 61.1 Å². The Morgan fingerprint density at radius 3 is 2.45 bits per heavy atom. The molecule has 0 atom stereocenters. The highest BCUT2D eigenvalue weighted by atomic mass is 127. The Labute approximate surface area is 227 Å². The van der Waals surface area contributed by atoms with Crippen LogP contribution in [0.25, 0.3) is 10.9 Å². The lowest BCUT2D eigenvalue weighted by Gasteiger charge is -2.13. The lowest BCUT2D eigenvalue weighted by molar-refractivity contribution is -0.149. The van der Waals surface area contributed by atoms with Crippen LogP contribution in [-0.2, 0) is 9.53 Å². The first-order valence-electron chi connectivity index (χ1n) is 10.1. The standard InChI is InChI=1S/C23H22BrI2N3O4/c1-12(2)22-28-19-6-5-15(24)9-16(19)23(31)29(22)27-10-14-7-17(25)21(18(26)8-14)32-11-20(30)33-13(3)4/h5-10,12-13H,11H2,1-4H3. The number of carbonyl (C=O) groups excluding carboxylic acids is 1. The van der Waals surface area contributed by atoms with Gasteiger partial charge in [0.05, 0.1) is 30.4 Å². The number of nitrogens with zero attached hydrogens (tertiary/aromatic N) is 3. The average molecular weight is 738 g/mol. The smallest absolute Gasteiger partial charge is 0.344 e. The summed E-state index contributed by atoms with van der Waals surface area (Å²) < 4.78 is 14.6. The number of ether oxygens (including phenoxy) is 2. The van der Waals surface area contributed by atoms with Gasteiger partial charge in [-0.1, -0.05) is 29.8 Å². The van der Waals surface area contributed by atoms with Gasteiger partial charge in [-0.3, -0.25) is 4.79 Å². The molecule has 0 aliphatic heterocycles. The molecule has 0 saturated carbocycles. The number of fused-ring (bicyclic) bond motifs is 1. The van der Waals surface area contributed by atoms with E-state index < -0.39 is 5.97 Å². The number of hydrogen-bond donors (Lipinski definition) is 0. The van der Waals surface area contributed by atoms with Crippen LogP contribution in [0, 0.1) is 7.14 Å². The molecule has 0 fully saturated rings. The molecule has 1 heterocycles. The van der Waals surface area contributed by atoms with Gasteiger partial charge in [-0.05, 0) is 94.9 Å². The van der Waals surface area contributed by atoms with E-state index in [0.717, 1.165) is 17.2 Å². The molecule has 0 unspecified atom stereocenters. The van der Waals surface area contributed by atoms with Crippen LogP contribution in [0.5, 0.6) is 5.75 Å². The third kappa shape index (κ3) is 6.53. The molecular weight excluding hydrogens is 716 g/mol. The van der Waals surface area contributed by atoms with Crippen LogP contribution in [0.3, 0.4) is 0 Å². The molecule has 0 saturated heterocycles. The molecule has 0 amide bonds. The molecule has 3 aromatic rings. The third-order valence-electron chi connectivity index (χ3n) is 4.39. The van der Waals surface area contributed by atoms with E-state index in [0.29, 0.717) is 22.5 Å². The summed E-state index contributed by atoms with van der Waals surface area (Å²) >= 11 is 7.71. The zero-order valence-corrected chi connectivity index (χ0v) is 24.3. The highest BCUT2D eigenvalue weighted by Crippen LogP contribution is 2.29. The summed E-state index contributed by atoms with van der Waals surface area (Å²) in [6.07, 6.45) is 1.43. The lowest BCUT2D eigenvalue weighted by Crippen LogP contribution is -2.23. The van der Waals surface area contributed by atoms with Crippen LogP contribution in [0.15, 0.2) is 44.7 Å². The summed E-state index contributed by atoms with van der Waals surface area (Å²) in [5.74, 6) is 0.771. The van der Waals surface area contributed by atoms with Gasteiger partial charge >= 0.3 is 5.97 Å².